The SMILES string of the molecule is CCCNC(CCC1CCCC1)c1ccnn1CCC. The summed E-state index contributed by atoms with van der Waals surface area (Å²) in [6, 6.07) is 2.70. The molecule has 1 aromatic rings. The van der Waals surface area contributed by atoms with Crippen molar-refractivity contribution in [2.75, 3.05) is 6.54 Å². The number of rotatable bonds is 9. The first kappa shape index (κ1) is 15.6. The van der Waals surface area contributed by atoms with Gasteiger partial charge >= 0.3 is 0 Å². The van der Waals surface area contributed by atoms with Crippen molar-refractivity contribution in [2.24, 2.45) is 5.92 Å². The van der Waals surface area contributed by atoms with E-state index in [-0.39, 0.29) is 0 Å². The van der Waals surface area contributed by atoms with E-state index in [4.69, 9.17) is 0 Å². The van der Waals surface area contributed by atoms with E-state index in [0.717, 1.165) is 25.4 Å². The number of aromatic nitrogens is 2. The van der Waals surface area contributed by atoms with Crippen LogP contribution in [0.5, 0.6) is 0 Å². The maximum atomic E-state index is 4.49. The number of nitrogens with one attached hydrogen (secondary N) is 1. The lowest BCUT2D eigenvalue weighted by molar-refractivity contribution is 0.391. The van der Waals surface area contributed by atoms with Gasteiger partial charge in [0.15, 0.2) is 0 Å². The van der Waals surface area contributed by atoms with Crippen LogP contribution in [0.25, 0.3) is 0 Å². The Morgan fingerprint density at radius 3 is 2.80 bits per heavy atom. The first-order valence-corrected chi connectivity index (χ1v) is 8.60. The summed E-state index contributed by atoms with van der Waals surface area (Å²) in [4.78, 5) is 0. The Labute approximate surface area is 124 Å². The molecule has 1 aliphatic rings. The van der Waals surface area contributed by atoms with Gasteiger partial charge in [0.25, 0.3) is 0 Å². The maximum Gasteiger partial charge on any atom is 0.0553 e. The molecule has 0 amide bonds. The lowest BCUT2D eigenvalue weighted by atomic mass is 9.97. The van der Waals surface area contributed by atoms with E-state index in [1.807, 2.05) is 6.20 Å². The summed E-state index contributed by atoms with van der Waals surface area (Å²) in [7, 11) is 0. The van der Waals surface area contributed by atoms with Crippen LogP contribution >= 0.6 is 0 Å². The zero-order valence-electron chi connectivity index (χ0n) is 13.3. The molecule has 20 heavy (non-hydrogen) atoms. The van der Waals surface area contributed by atoms with E-state index in [9.17, 15) is 0 Å². The van der Waals surface area contributed by atoms with Crippen molar-refractivity contribution in [3.05, 3.63) is 18.0 Å². The van der Waals surface area contributed by atoms with Gasteiger partial charge in [-0.3, -0.25) is 4.68 Å². The molecule has 0 bridgehead atoms. The van der Waals surface area contributed by atoms with E-state index in [1.54, 1.807) is 0 Å². The molecule has 0 aromatic carbocycles. The number of hydrogen-bond acceptors (Lipinski definition) is 2. The Morgan fingerprint density at radius 1 is 1.30 bits per heavy atom. The standard InChI is InChI=1S/C17H31N3/c1-3-12-18-16(10-9-15-7-5-6-8-15)17-11-13-19-20(17)14-4-2/h11,13,15-16,18H,3-10,12,14H2,1-2H3. The normalized spacial score (nSPS) is 17.7. The van der Waals surface area contributed by atoms with Crippen LogP contribution in [0.3, 0.4) is 0 Å². The third-order valence-corrected chi connectivity index (χ3v) is 4.52. The summed E-state index contributed by atoms with van der Waals surface area (Å²) in [6.07, 6.45) is 12.8. The molecule has 1 aromatic heterocycles. The smallest absolute Gasteiger partial charge is 0.0553 e. The molecular formula is C17H31N3. The Balaban J connectivity index is 1.95. The Kier molecular flexibility index (Phi) is 6.58. The lowest BCUT2D eigenvalue weighted by Gasteiger charge is -2.21. The van der Waals surface area contributed by atoms with Gasteiger partial charge in [-0.1, -0.05) is 39.5 Å². The van der Waals surface area contributed by atoms with Gasteiger partial charge in [-0.15, -0.1) is 0 Å². The van der Waals surface area contributed by atoms with Crippen molar-refractivity contribution < 1.29 is 0 Å². The van der Waals surface area contributed by atoms with Crippen LogP contribution < -0.4 is 5.32 Å². The quantitative estimate of drug-likeness (QED) is 0.729. The van der Waals surface area contributed by atoms with E-state index >= 15 is 0 Å². The fraction of sp³-hybridized carbons (Fsp3) is 0.824. The van der Waals surface area contributed by atoms with Crippen LogP contribution in [0.4, 0.5) is 0 Å². The summed E-state index contributed by atoms with van der Waals surface area (Å²) in [5, 5.41) is 8.23. The summed E-state index contributed by atoms with van der Waals surface area (Å²) in [5.41, 5.74) is 1.39. The third kappa shape index (κ3) is 4.34. The maximum absolute atomic E-state index is 4.49. The van der Waals surface area contributed by atoms with Gasteiger partial charge in [-0.25, -0.2) is 0 Å². The van der Waals surface area contributed by atoms with Crippen LogP contribution in [-0.2, 0) is 6.54 Å². The van der Waals surface area contributed by atoms with Gasteiger partial charge < -0.3 is 5.32 Å². The van der Waals surface area contributed by atoms with Gasteiger partial charge in [0, 0.05) is 18.8 Å². The summed E-state index contributed by atoms with van der Waals surface area (Å²) >= 11 is 0. The molecule has 1 atom stereocenters. The zero-order valence-corrected chi connectivity index (χ0v) is 13.3. The van der Waals surface area contributed by atoms with E-state index in [2.05, 4.69) is 35.0 Å². The average Bonchev–Trinajstić information content (AvgIpc) is 3.11. The summed E-state index contributed by atoms with van der Waals surface area (Å²) < 4.78 is 2.20. The molecule has 0 aliphatic heterocycles. The second kappa shape index (κ2) is 8.46. The van der Waals surface area contributed by atoms with Crippen molar-refractivity contribution in [1.29, 1.82) is 0 Å². The zero-order chi connectivity index (χ0) is 14.2. The molecule has 0 radical (unpaired) electrons. The molecule has 1 aliphatic carbocycles. The van der Waals surface area contributed by atoms with Gasteiger partial charge in [0.1, 0.15) is 0 Å². The highest BCUT2D eigenvalue weighted by Gasteiger charge is 2.20. The summed E-state index contributed by atoms with van der Waals surface area (Å²) in [5.74, 6) is 0.975. The highest BCUT2D eigenvalue weighted by atomic mass is 15.3. The van der Waals surface area contributed by atoms with Crippen molar-refractivity contribution in [3.8, 4) is 0 Å². The fourth-order valence-electron chi connectivity index (χ4n) is 3.41. The predicted octanol–water partition coefficient (Wildman–Crippen LogP) is 4.30. The predicted molar refractivity (Wildman–Crippen MR) is 84.7 cm³/mol. The number of aryl methyl sites for hydroxylation is 1. The van der Waals surface area contributed by atoms with Crippen LogP contribution in [0.2, 0.25) is 0 Å². The number of nitrogens with zero attached hydrogens (tertiary/aromatic N) is 2. The molecule has 1 heterocycles. The molecule has 0 saturated heterocycles. The lowest BCUT2D eigenvalue weighted by Crippen LogP contribution is -2.25. The molecule has 114 valence electrons. The van der Waals surface area contributed by atoms with Gasteiger partial charge in [0.2, 0.25) is 0 Å². The van der Waals surface area contributed by atoms with Crippen molar-refractivity contribution >= 4 is 0 Å². The largest absolute Gasteiger partial charge is 0.309 e. The van der Waals surface area contributed by atoms with Crippen LogP contribution in [0, 0.1) is 5.92 Å². The first-order valence-electron chi connectivity index (χ1n) is 8.60. The average molecular weight is 277 g/mol. The van der Waals surface area contributed by atoms with E-state index < -0.39 is 0 Å². The Morgan fingerprint density at radius 2 is 2.10 bits per heavy atom. The molecule has 3 heteroatoms. The molecular weight excluding hydrogens is 246 g/mol. The van der Waals surface area contributed by atoms with Crippen LogP contribution in [0.1, 0.15) is 76.9 Å². The second-order valence-electron chi connectivity index (χ2n) is 6.21. The molecule has 1 unspecified atom stereocenters. The van der Waals surface area contributed by atoms with Crippen LogP contribution in [-0.4, -0.2) is 16.3 Å². The molecule has 1 N–H and O–H groups in total. The van der Waals surface area contributed by atoms with Gasteiger partial charge in [0.05, 0.1) is 5.69 Å². The highest BCUT2D eigenvalue weighted by molar-refractivity contribution is 5.07. The summed E-state index contributed by atoms with van der Waals surface area (Å²) in [6.45, 7) is 6.60. The monoisotopic (exact) mass is 277 g/mol. The minimum Gasteiger partial charge on any atom is -0.309 e. The minimum atomic E-state index is 0.490. The third-order valence-electron chi connectivity index (χ3n) is 4.52. The minimum absolute atomic E-state index is 0.490. The molecule has 0 spiro atoms. The van der Waals surface area contributed by atoms with Gasteiger partial charge in [-0.2, -0.15) is 5.10 Å². The topological polar surface area (TPSA) is 29.9 Å². The number of hydrogen-bond donors (Lipinski definition) is 1. The Bertz CT molecular complexity index is 366. The molecule has 1 saturated carbocycles. The Hall–Kier alpha value is -0.830. The molecule has 3 nitrogen and oxygen atoms in total. The van der Waals surface area contributed by atoms with Crippen molar-refractivity contribution in [1.82, 2.24) is 15.1 Å². The highest BCUT2D eigenvalue weighted by Crippen LogP contribution is 2.31. The van der Waals surface area contributed by atoms with Crippen LogP contribution in [0.15, 0.2) is 12.3 Å². The van der Waals surface area contributed by atoms with E-state index in [1.165, 1.54) is 50.6 Å². The second-order valence-corrected chi connectivity index (χ2v) is 6.21. The van der Waals surface area contributed by atoms with E-state index in [0.29, 0.717) is 6.04 Å². The molecule has 1 fully saturated rings. The molecule has 2 rings (SSSR count). The van der Waals surface area contributed by atoms with Crippen molar-refractivity contribution in [3.63, 3.8) is 0 Å². The fourth-order valence-corrected chi connectivity index (χ4v) is 3.41. The first-order chi connectivity index (χ1) is 9.85. The van der Waals surface area contributed by atoms with Gasteiger partial charge in [-0.05, 0) is 44.2 Å². The van der Waals surface area contributed by atoms with Crippen molar-refractivity contribution in [2.45, 2.75) is 77.8 Å².